The molecule has 28 heavy (non-hydrogen) atoms. The number of hydrogen-bond donors (Lipinski definition) is 2. The summed E-state index contributed by atoms with van der Waals surface area (Å²) >= 11 is 1.67. The van der Waals surface area contributed by atoms with Crippen LogP contribution in [0.15, 0.2) is 42.7 Å². The van der Waals surface area contributed by atoms with Gasteiger partial charge >= 0.3 is 5.97 Å². The molecule has 0 atom stereocenters. The second kappa shape index (κ2) is 9.43. The number of ether oxygens (including phenoxy) is 1. The van der Waals surface area contributed by atoms with Crippen LogP contribution in [0, 0.1) is 6.92 Å². The Balaban J connectivity index is 1.60. The highest BCUT2D eigenvalue weighted by Crippen LogP contribution is 2.27. The quantitative estimate of drug-likeness (QED) is 0.572. The largest absolute Gasteiger partial charge is 0.493 e. The van der Waals surface area contributed by atoms with E-state index in [1.807, 2.05) is 30.3 Å². The zero-order chi connectivity index (χ0) is 19.9. The molecule has 7 heteroatoms. The van der Waals surface area contributed by atoms with Crippen molar-refractivity contribution in [3.05, 3.63) is 64.4 Å². The minimum absolute atomic E-state index is 0.0934. The predicted molar refractivity (Wildman–Crippen MR) is 110 cm³/mol. The summed E-state index contributed by atoms with van der Waals surface area (Å²) in [5, 5.41) is 9.84. The highest BCUT2D eigenvalue weighted by Gasteiger charge is 2.10. The van der Waals surface area contributed by atoms with Crippen LogP contribution in [-0.2, 0) is 24.2 Å². The third-order valence-corrected chi connectivity index (χ3v) is 5.50. The summed E-state index contributed by atoms with van der Waals surface area (Å²) in [4.78, 5) is 20.7. The summed E-state index contributed by atoms with van der Waals surface area (Å²) in [7, 11) is 0. The third kappa shape index (κ3) is 5.15. The van der Waals surface area contributed by atoms with E-state index in [4.69, 9.17) is 20.6 Å². The first-order valence-corrected chi connectivity index (χ1v) is 9.91. The van der Waals surface area contributed by atoms with Crippen molar-refractivity contribution in [3.8, 4) is 16.3 Å². The number of rotatable bonds is 9. The lowest BCUT2D eigenvalue weighted by Crippen LogP contribution is -2.07. The number of nitrogens with zero attached hydrogens (tertiary/aromatic N) is 2. The summed E-state index contributed by atoms with van der Waals surface area (Å²) in [5.41, 5.74) is 9.79. The molecule has 0 saturated carbocycles. The van der Waals surface area contributed by atoms with E-state index in [9.17, 15) is 4.79 Å². The lowest BCUT2D eigenvalue weighted by Gasteiger charge is -2.11. The van der Waals surface area contributed by atoms with Crippen LogP contribution in [0.5, 0.6) is 5.75 Å². The molecule has 2 heterocycles. The summed E-state index contributed by atoms with van der Waals surface area (Å²) in [6.07, 6.45) is 4.81. The van der Waals surface area contributed by atoms with Crippen LogP contribution in [0.2, 0.25) is 0 Å². The highest BCUT2D eigenvalue weighted by molar-refractivity contribution is 7.15. The average Bonchev–Trinajstić information content (AvgIpc) is 3.08. The monoisotopic (exact) mass is 397 g/mol. The number of benzene rings is 1. The van der Waals surface area contributed by atoms with Gasteiger partial charge < -0.3 is 15.6 Å². The van der Waals surface area contributed by atoms with Gasteiger partial charge in [-0.25, -0.2) is 4.98 Å². The first kappa shape index (κ1) is 20.0. The lowest BCUT2D eigenvalue weighted by atomic mass is 10.0. The molecule has 3 rings (SSSR count). The molecule has 0 aliphatic rings. The zero-order valence-corrected chi connectivity index (χ0v) is 16.5. The predicted octanol–water partition coefficient (Wildman–Crippen LogP) is 3.61. The molecule has 6 nitrogen and oxygen atoms in total. The molecule has 0 unspecified atom stereocenters. The first-order chi connectivity index (χ1) is 13.6. The molecule has 2 aromatic heterocycles. The Kier molecular flexibility index (Phi) is 6.73. The van der Waals surface area contributed by atoms with Gasteiger partial charge in [0.25, 0.3) is 0 Å². The van der Waals surface area contributed by atoms with Crippen LogP contribution < -0.4 is 10.5 Å². The standard InChI is InChI=1S/C21H23N3O3S/c1-14-19(24-21(28-14)16-6-9-23-10-7-16)8-11-27-18-4-2-15(3-5-20(25)26)17(12-18)13-22/h2,4,6-7,9-10,12H,3,5,8,11,13,22H2,1H3,(H,25,26). The number of carboxylic acids is 1. The van der Waals surface area contributed by atoms with Crippen LogP contribution in [0.1, 0.15) is 28.1 Å². The van der Waals surface area contributed by atoms with Crippen molar-refractivity contribution in [1.82, 2.24) is 9.97 Å². The van der Waals surface area contributed by atoms with E-state index >= 15 is 0 Å². The normalized spacial score (nSPS) is 10.8. The fraction of sp³-hybridized carbons (Fsp3) is 0.286. The third-order valence-electron chi connectivity index (χ3n) is 4.43. The molecule has 0 radical (unpaired) electrons. The van der Waals surface area contributed by atoms with Crippen LogP contribution in [0.25, 0.3) is 10.6 Å². The maximum absolute atomic E-state index is 10.8. The van der Waals surface area contributed by atoms with E-state index in [0.29, 0.717) is 26.0 Å². The number of thiazole rings is 1. The molecule has 3 aromatic rings. The van der Waals surface area contributed by atoms with E-state index in [2.05, 4.69) is 11.9 Å². The number of aliphatic carboxylic acids is 1. The zero-order valence-electron chi connectivity index (χ0n) is 15.7. The molecule has 146 valence electrons. The van der Waals surface area contributed by atoms with E-state index in [1.54, 1.807) is 23.7 Å². The van der Waals surface area contributed by atoms with E-state index in [-0.39, 0.29) is 6.42 Å². The molecule has 3 N–H and O–H groups in total. The van der Waals surface area contributed by atoms with Gasteiger partial charge in [0.2, 0.25) is 0 Å². The maximum Gasteiger partial charge on any atom is 0.303 e. The average molecular weight is 398 g/mol. The molecule has 0 amide bonds. The maximum atomic E-state index is 10.8. The number of aryl methyl sites for hydroxylation is 2. The van der Waals surface area contributed by atoms with Gasteiger partial charge in [-0.3, -0.25) is 9.78 Å². The van der Waals surface area contributed by atoms with Crippen molar-refractivity contribution in [2.75, 3.05) is 6.61 Å². The second-order valence-corrected chi connectivity index (χ2v) is 7.59. The van der Waals surface area contributed by atoms with Crippen molar-refractivity contribution < 1.29 is 14.6 Å². The second-order valence-electron chi connectivity index (χ2n) is 6.38. The molecule has 0 aliphatic carbocycles. The van der Waals surface area contributed by atoms with Crippen molar-refractivity contribution in [3.63, 3.8) is 0 Å². The molecule has 1 aromatic carbocycles. The Morgan fingerprint density at radius 1 is 1.18 bits per heavy atom. The van der Waals surface area contributed by atoms with Gasteiger partial charge in [0.05, 0.1) is 12.3 Å². The number of hydrogen-bond acceptors (Lipinski definition) is 6. The van der Waals surface area contributed by atoms with Gasteiger partial charge in [0.15, 0.2) is 0 Å². The number of pyridine rings is 1. The van der Waals surface area contributed by atoms with Gasteiger partial charge in [0.1, 0.15) is 10.8 Å². The molecule has 0 spiro atoms. The number of nitrogens with two attached hydrogens (primary N) is 1. The fourth-order valence-corrected chi connectivity index (χ4v) is 3.88. The smallest absolute Gasteiger partial charge is 0.303 e. The molecule has 0 aliphatic heterocycles. The van der Waals surface area contributed by atoms with Crippen LogP contribution in [0.4, 0.5) is 0 Å². The summed E-state index contributed by atoms with van der Waals surface area (Å²) in [6, 6.07) is 9.58. The number of carbonyl (C=O) groups is 1. The van der Waals surface area contributed by atoms with Crippen molar-refractivity contribution in [2.24, 2.45) is 5.73 Å². The molecule has 0 bridgehead atoms. The first-order valence-electron chi connectivity index (χ1n) is 9.10. The van der Waals surface area contributed by atoms with Gasteiger partial charge in [-0.15, -0.1) is 11.3 Å². The fourth-order valence-electron chi connectivity index (χ4n) is 2.91. The Morgan fingerprint density at radius 3 is 2.68 bits per heavy atom. The number of aromatic nitrogens is 2. The van der Waals surface area contributed by atoms with Crippen molar-refractivity contribution >= 4 is 17.3 Å². The minimum atomic E-state index is -0.812. The Bertz CT molecular complexity index is 941. The van der Waals surface area contributed by atoms with Gasteiger partial charge in [-0.2, -0.15) is 0 Å². The lowest BCUT2D eigenvalue weighted by molar-refractivity contribution is -0.136. The molecule has 0 saturated heterocycles. The van der Waals surface area contributed by atoms with Crippen molar-refractivity contribution in [2.45, 2.75) is 32.7 Å². The molecule has 0 fully saturated rings. The SMILES string of the molecule is Cc1sc(-c2ccncc2)nc1CCOc1ccc(CCC(=O)O)c(CN)c1. The van der Waals surface area contributed by atoms with E-state index < -0.39 is 5.97 Å². The minimum Gasteiger partial charge on any atom is -0.493 e. The van der Waals surface area contributed by atoms with Gasteiger partial charge in [-0.1, -0.05) is 6.07 Å². The van der Waals surface area contributed by atoms with Gasteiger partial charge in [-0.05, 0) is 48.7 Å². The summed E-state index contributed by atoms with van der Waals surface area (Å²) < 4.78 is 5.89. The molecular formula is C21H23N3O3S. The Labute approximate surface area is 168 Å². The Hall–Kier alpha value is -2.77. The van der Waals surface area contributed by atoms with E-state index in [0.717, 1.165) is 33.1 Å². The van der Waals surface area contributed by atoms with Crippen LogP contribution in [0.3, 0.4) is 0 Å². The molecular weight excluding hydrogens is 374 g/mol. The van der Waals surface area contributed by atoms with E-state index in [1.165, 1.54) is 4.88 Å². The van der Waals surface area contributed by atoms with Gasteiger partial charge in [0, 0.05) is 42.2 Å². The van der Waals surface area contributed by atoms with Crippen LogP contribution in [-0.4, -0.2) is 27.7 Å². The van der Waals surface area contributed by atoms with Crippen molar-refractivity contribution in [1.29, 1.82) is 0 Å². The summed E-state index contributed by atoms with van der Waals surface area (Å²) in [6.45, 7) is 2.94. The topological polar surface area (TPSA) is 98.3 Å². The van der Waals surface area contributed by atoms with Crippen LogP contribution >= 0.6 is 11.3 Å². The Morgan fingerprint density at radius 2 is 1.96 bits per heavy atom. The highest BCUT2D eigenvalue weighted by atomic mass is 32.1. The number of carboxylic acid groups (broad SMARTS) is 1. The summed E-state index contributed by atoms with van der Waals surface area (Å²) in [5.74, 6) is -0.0742.